The van der Waals surface area contributed by atoms with Crippen molar-refractivity contribution in [2.24, 2.45) is 0 Å². The first-order valence-corrected chi connectivity index (χ1v) is 13.1. The van der Waals surface area contributed by atoms with Crippen molar-refractivity contribution in [3.05, 3.63) is 119 Å². The summed E-state index contributed by atoms with van der Waals surface area (Å²) in [5.41, 5.74) is 3.54. The Bertz CT molecular complexity index is 1270. The van der Waals surface area contributed by atoms with Crippen LogP contribution >= 0.6 is 0 Å². The zero-order valence-electron chi connectivity index (χ0n) is 21.1. The number of hydrogen-bond donors (Lipinski definition) is 0. The van der Waals surface area contributed by atoms with Gasteiger partial charge >= 0.3 is 11.4 Å². The third-order valence-corrected chi connectivity index (χ3v) is 6.88. The third kappa shape index (κ3) is 5.99. The molecule has 0 saturated carbocycles. The molecule has 0 spiro atoms. The fourth-order valence-electron chi connectivity index (χ4n) is 4.19. The highest BCUT2D eigenvalue weighted by molar-refractivity contribution is 7.75. The number of methoxy groups -OCH3 is 2. The first-order chi connectivity index (χ1) is 18.6. The molecule has 1 fully saturated rings. The van der Waals surface area contributed by atoms with Crippen molar-refractivity contribution in [2.75, 3.05) is 14.2 Å². The maximum Gasteiger partial charge on any atom is 0.306 e. The number of rotatable bonds is 10. The normalized spacial score (nSPS) is 17.2. The molecule has 38 heavy (non-hydrogen) atoms. The minimum absolute atomic E-state index is 0.374. The molecule has 0 radical (unpaired) electrons. The zero-order valence-corrected chi connectivity index (χ0v) is 21.9. The van der Waals surface area contributed by atoms with Gasteiger partial charge in [0.1, 0.15) is 25.4 Å². The van der Waals surface area contributed by atoms with E-state index in [1.165, 1.54) is 0 Å². The van der Waals surface area contributed by atoms with E-state index in [0.717, 1.165) is 22.3 Å². The fourth-order valence-corrected chi connectivity index (χ4v) is 5.00. The maximum absolute atomic E-state index is 12.4. The van der Waals surface area contributed by atoms with Crippen molar-refractivity contribution in [3.8, 4) is 23.0 Å². The molecular formula is C30H28O7S. The van der Waals surface area contributed by atoms with Crippen LogP contribution in [0.25, 0.3) is 0 Å². The third-order valence-electron chi connectivity index (χ3n) is 6.15. The van der Waals surface area contributed by atoms with E-state index in [1.54, 1.807) is 26.4 Å². The van der Waals surface area contributed by atoms with Gasteiger partial charge in [-0.2, -0.15) is 4.21 Å². The summed E-state index contributed by atoms with van der Waals surface area (Å²) in [4.78, 5) is 0. The van der Waals surface area contributed by atoms with Crippen molar-refractivity contribution in [2.45, 2.75) is 25.4 Å². The number of ether oxygens (including phenoxy) is 4. The minimum atomic E-state index is -1.92. The van der Waals surface area contributed by atoms with Crippen molar-refractivity contribution >= 4 is 11.4 Å². The van der Waals surface area contributed by atoms with Gasteiger partial charge in [-0.15, -0.1) is 0 Å². The van der Waals surface area contributed by atoms with Crippen LogP contribution in [-0.2, 0) is 32.9 Å². The molecule has 0 aliphatic carbocycles. The summed E-state index contributed by atoms with van der Waals surface area (Å²) in [6.07, 6.45) is -1.28. The Morgan fingerprint density at radius 2 is 1.03 bits per heavy atom. The molecule has 196 valence electrons. The molecule has 4 aromatic rings. The van der Waals surface area contributed by atoms with Crippen molar-refractivity contribution < 1.29 is 31.5 Å². The predicted octanol–water partition coefficient (Wildman–Crippen LogP) is 6.27. The summed E-state index contributed by atoms with van der Waals surface area (Å²) in [6, 6.07) is 30.7. The average Bonchev–Trinajstić information content (AvgIpc) is 3.37. The highest BCUT2D eigenvalue weighted by Crippen LogP contribution is 2.45. The highest BCUT2D eigenvalue weighted by atomic mass is 32.2. The molecule has 0 unspecified atom stereocenters. The molecule has 4 aromatic carbocycles. The van der Waals surface area contributed by atoms with E-state index >= 15 is 0 Å². The van der Waals surface area contributed by atoms with Gasteiger partial charge in [0, 0.05) is 0 Å². The van der Waals surface area contributed by atoms with E-state index < -0.39 is 23.6 Å². The van der Waals surface area contributed by atoms with Crippen LogP contribution in [0, 0.1) is 0 Å². The van der Waals surface area contributed by atoms with E-state index in [0.29, 0.717) is 36.2 Å². The average molecular weight is 533 g/mol. The molecular weight excluding hydrogens is 504 g/mol. The van der Waals surface area contributed by atoms with E-state index in [9.17, 15) is 4.21 Å². The van der Waals surface area contributed by atoms with Crippen LogP contribution in [0.3, 0.4) is 0 Å². The van der Waals surface area contributed by atoms with Crippen LogP contribution in [0.1, 0.15) is 34.5 Å². The lowest BCUT2D eigenvalue weighted by Crippen LogP contribution is -2.09. The van der Waals surface area contributed by atoms with Gasteiger partial charge in [0.2, 0.25) is 0 Å². The van der Waals surface area contributed by atoms with Gasteiger partial charge in [0.05, 0.1) is 14.2 Å². The Morgan fingerprint density at radius 1 is 0.605 bits per heavy atom. The van der Waals surface area contributed by atoms with Crippen LogP contribution in [0.4, 0.5) is 0 Å². The Kier molecular flexibility index (Phi) is 8.23. The van der Waals surface area contributed by atoms with Crippen molar-refractivity contribution in [3.63, 3.8) is 0 Å². The predicted molar refractivity (Wildman–Crippen MR) is 143 cm³/mol. The lowest BCUT2D eigenvalue weighted by atomic mass is 9.97. The number of hydrogen-bond acceptors (Lipinski definition) is 7. The summed E-state index contributed by atoms with van der Waals surface area (Å²) in [7, 11) is 3.18. The first kappa shape index (κ1) is 25.8. The fraction of sp³-hybridized carbons (Fsp3) is 0.200. The zero-order chi connectivity index (χ0) is 26.3. The van der Waals surface area contributed by atoms with Gasteiger partial charge in [-0.05, 0) is 46.5 Å². The Balaban J connectivity index is 1.40. The summed E-state index contributed by atoms with van der Waals surface area (Å²) < 4.78 is 47.0. The second-order valence-corrected chi connectivity index (χ2v) is 9.40. The van der Waals surface area contributed by atoms with Gasteiger partial charge in [0.25, 0.3) is 0 Å². The van der Waals surface area contributed by atoms with Crippen LogP contribution in [-0.4, -0.2) is 18.4 Å². The molecule has 0 amide bonds. The molecule has 5 rings (SSSR count). The van der Waals surface area contributed by atoms with E-state index in [1.807, 2.05) is 84.9 Å². The number of benzene rings is 4. The quantitative estimate of drug-likeness (QED) is 0.238. The Hall–Kier alpha value is -3.85. The van der Waals surface area contributed by atoms with Crippen LogP contribution in [0.15, 0.2) is 97.1 Å². The highest BCUT2D eigenvalue weighted by Gasteiger charge is 2.38. The summed E-state index contributed by atoms with van der Waals surface area (Å²) in [5.74, 6) is 2.27. The molecule has 7 nitrogen and oxygen atoms in total. The van der Waals surface area contributed by atoms with Gasteiger partial charge in [0.15, 0.2) is 23.0 Å². The molecule has 0 bridgehead atoms. The van der Waals surface area contributed by atoms with E-state index in [2.05, 4.69) is 0 Å². The Labute approximate surface area is 224 Å². The van der Waals surface area contributed by atoms with E-state index in [4.69, 9.17) is 27.3 Å². The lowest BCUT2D eigenvalue weighted by Gasteiger charge is -2.19. The molecule has 1 heterocycles. The molecule has 1 aliphatic rings. The monoisotopic (exact) mass is 532 g/mol. The SMILES string of the molecule is COc1ccc([C@@H]2OS(=O)O[C@H]2c2ccc(OC)c(OCc3ccccc3)c2)cc1OCc1ccccc1. The minimum Gasteiger partial charge on any atom is -0.493 e. The standard InChI is InChI=1S/C30H28O7S/c1-32-25-15-13-23(17-27(25)34-19-21-9-5-3-6-10-21)29-30(37-38(31)36-29)24-14-16-26(33-2)28(18-24)35-20-22-11-7-4-8-12-22/h3-18,29-30H,19-20H2,1-2H3/t29-,30-/m0/s1. The molecule has 1 saturated heterocycles. The largest absolute Gasteiger partial charge is 0.493 e. The second-order valence-electron chi connectivity index (χ2n) is 8.61. The molecule has 0 N–H and O–H groups in total. The van der Waals surface area contributed by atoms with Crippen LogP contribution in [0.2, 0.25) is 0 Å². The summed E-state index contributed by atoms with van der Waals surface area (Å²) >= 11 is -1.92. The lowest BCUT2D eigenvalue weighted by molar-refractivity contribution is 0.157. The van der Waals surface area contributed by atoms with Gasteiger partial charge in [-0.3, -0.25) is 8.37 Å². The molecule has 2 atom stereocenters. The first-order valence-electron chi connectivity index (χ1n) is 12.1. The van der Waals surface area contributed by atoms with Crippen LogP contribution in [0.5, 0.6) is 23.0 Å². The Morgan fingerprint density at radius 3 is 1.42 bits per heavy atom. The van der Waals surface area contributed by atoms with Crippen LogP contribution < -0.4 is 18.9 Å². The summed E-state index contributed by atoms with van der Waals surface area (Å²) in [6.45, 7) is 0.747. The van der Waals surface area contributed by atoms with Crippen molar-refractivity contribution in [1.82, 2.24) is 0 Å². The molecule has 1 aliphatic heterocycles. The smallest absolute Gasteiger partial charge is 0.306 e. The van der Waals surface area contributed by atoms with Gasteiger partial charge < -0.3 is 18.9 Å². The molecule has 8 heteroatoms. The van der Waals surface area contributed by atoms with E-state index in [-0.39, 0.29) is 0 Å². The van der Waals surface area contributed by atoms with Gasteiger partial charge in [-0.25, -0.2) is 0 Å². The van der Waals surface area contributed by atoms with Crippen molar-refractivity contribution in [1.29, 1.82) is 0 Å². The maximum atomic E-state index is 12.4. The molecule has 0 aromatic heterocycles. The topological polar surface area (TPSA) is 72.5 Å². The van der Waals surface area contributed by atoms with Gasteiger partial charge in [-0.1, -0.05) is 72.8 Å². The second kappa shape index (κ2) is 12.1. The summed E-state index contributed by atoms with van der Waals surface area (Å²) in [5, 5.41) is 0.